The van der Waals surface area contributed by atoms with Crippen LogP contribution in [0.5, 0.6) is 5.75 Å². The Hall–Kier alpha value is -3.91. The van der Waals surface area contributed by atoms with Crippen LogP contribution in [0.25, 0.3) is 0 Å². The van der Waals surface area contributed by atoms with Gasteiger partial charge in [-0.15, -0.1) is 0 Å². The number of guanidine groups is 1. The molecule has 0 fully saturated rings. The van der Waals surface area contributed by atoms with Crippen molar-refractivity contribution in [2.45, 2.75) is 76.7 Å². The van der Waals surface area contributed by atoms with Crippen LogP contribution in [0.4, 0.5) is 0 Å². The molecule has 0 radical (unpaired) electrons. The number of aliphatic hydroxyl groups excluding tert-OH is 1. The zero-order valence-electron chi connectivity index (χ0n) is 22.5. The minimum absolute atomic E-state index is 0.0459. The average Bonchev–Trinajstić information content (AvgIpc) is 2.87. The molecule has 0 heterocycles. The lowest BCUT2D eigenvalue weighted by molar-refractivity contribution is -0.143. The van der Waals surface area contributed by atoms with Gasteiger partial charge in [0, 0.05) is 6.54 Å². The summed E-state index contributed by atoms with van der Waals surface area (Å²) in [6, 6.07) is 1.20. The van der Waals surface area contributed by atoms with Gasteiger partial charge in [0.05, 0.1) is 12.1 Å². The quantitative estimate of drug-likeness (QED) is 0.0638. The summed E-state index contributed by atoms with van der Waals surface area (Å²) in [5.74, 6) is -4.02. The number of benzene rings is 1. The summed E-state index contributed by atoms with van der Waals surface area (Å²) in [6.45, 7) is 4.96. The maximum Gasteiger partial charge on any atom is 0.326 e. The van der Waals surface area contributed by atoms with Crippen LogP contribution < -0.4 is 33.2 Å². The highest BCUT2D eigenvalue weighted by molar-refractivity contribution is 5.94. The Bertz CT molecular complexity index is 997. The van der Waals surface area contributed by atoms with Gasteiger partial charge in [-0.3, -0.25) is 19.4 Å². The topological polar surface area (TPSA) is 255 Å². The Kier molecular flexibility index (Phi) is 13.7. The van der Waals surface area contributed by atoms with Crippen LogP contribution in [0, 0.1) is 5.92 Å². The van der Waals surface area contributed by atoms with E-state index >= 15 is 0 Å². The zero-order chi connectivity index (χ0) is 29.7. The highest BCUT2D eigenvalue weighted by atomic mass is 16.4. The Morgan fingerprint density at radius 3 is 2.03 bits per heavy atom. The normalized spacial score (nSPS) is 15.5. The lowest BCUT2D eigenvalue weighted by Gasteiger charge is -2.29. The number of amides is 3. The number of nitrogens with two attached hydrogens (primary N) is 3. The minimum atomic E-state index is -1.43. The van der Waals surface area contributed by atoms with E-state index in [9.17, 15) is 34.5 Å². The molecule has 0 aliphatic rings. The number of nitrogens with one attached hydrogen (secondary N) is 3. The molecule has 14 nitrogen and oxygen atoms in total. The number of hydrogen-bond donors (Lipinski definition) is 9. The summed E-state index contributed by atoms with van der Waals surface area (Å²) in [5, 5.41) is 36.5. The zero-order valence-corrected chi connectivity index (χ0v) is 22.5. The molecular weight excluding hydrogens is 510 g/mol. The number of aliphatic hydroxyl groups is 1. The van der Waals surface area contributed by atoms with Crippen LogP contribution in [0.2, 0.25) is 0 Å². The van der Waals surface area contributed by atoms with Crippen molar-refractivity contribution in [3.05, 3.63) is 29.8 Å². The summed E-state index contributed by atoms with van der Waals surface area (Å²) in [6.07, 6.45) is -0.431. The fourth-order valence-electron chi connectivity index (χ4n) is 3.61. The van der Waals surface area contributed by atoms with Crippen molar-refractivity contribution >= 4 is 29.7 Å². The number of carboxylic acids is 1. The first kappa shape index (κ1) is 33.1. The Morgan fingerprint density at radius 1 is 0.949 bits per heavy atom. The van der Waals surface area contributed by atoms with Crippen LogP contribution in [0.3, 0.4) is 0 Å². The van der Waals surface area contributed by atoms with Crippen LogP contribution in [0.1, 0.15) is 45.6 Å². The summed E-state index contributed by atoms with van der Waals surface area (Å²) < 4.78 is 0. The van der Waals surface area contributed by atoms with Gasteiger partial charge in [0.2, 0.25) is 17.7 Å². The summed E-state index contributed by atoms with van der Waals surface area (Å²) in [5.41, 5.74) is 17.2. The SMILES string of the molecule is CCC(C)C(NC(=O)C(NC(=O)C(N)Cc1ccc(O)cc1)C(C)O)C(=O)NC(CCCN=C(N)N)C(=O)O. The number of carboxylic acid groups (broad SMARTS) is 1. The average molecular weight is 552 g/mol. The van der Waals surface area contributed by atoms with E-state index < -0.39 is 59.9 Å². The summed E-state index contributed by atoms with van der Waals surface area (Å²) in [7, 11) is 0. The predicted molar refractivity (Wildman–Crippen MR) is 144 cm³/mol. The first-order chi connectivity index (χ1) is 18.3. The van der Waals surface area contributed by atoms with Gasteiger partial charge in [-0.2, -0.15) is 0 Å². The molecule has 0 bridgehead atoms. The number of phenolic OH excluding ortho intramolecular Hbond substituents is 1. The van der Waals surface area contributed by atoms with Crippen LogP contribution in [-0.4, -0.2) is 81.8 Å². The van der Waals surface area contributed by atoms with Gasteiger partial charge in [0.1, 0.15) is 23.9 Å². The second kappa shape index (κ2) is 16.1. The molecule has 218 valence electrons. The molecule has 0 spiro atoms. The van der Waals surface area contributed by atoms with Gasteiger partial charge in [0.25, 0.3) is 0 Å². The molecule has 0 aliphatic carbocycles. The minimum Gasteiger partial charge on any atom is -0.508 e. The predicted octanol–water partition coefficient (Wildman–Crippen LogP) is -1.72. The molecule has 6 unspecified atom stereocenters. The van der Waals surface area contributed by atoms with E-state index in [0.29, 0.717) is 12.0 Å². The molecule has 6 atom stereocenters. The molecule has 1 rings (SSSR count). The fourth-order valence-corrected chi connectivity index (χ4v) is 3.61. The van der Waals surface area contributed by atoms with Crippen molar-refractivity contribution in [3.63, 3.8) is 0 Å². The van der Waals surface area contributed by atoms with E-state index in [1.807, 2.05) is 0 Å². The molecule has 0 saturated heterocycles. The van der Waals surface area contributed by atoms with Gasteiger partial charge >= 0.3 is 5.97 Å². The second-order valence-electron chi connectivity index (χ2n) is 9.42. The third-order valence-corrected chi connectivity index (χ3v) is 6.14. The third-order valence-electron chi connectivity index (χ3n) is 6.14. The number of aromatic hydroxyl groups is 1. The van der Waals surface area contributed by atoms with E-state index in [-0.39, 0.29) is 37.5 Å². The lowest BCUT2D eigenvalue weighted by atomic mass is 9.96. The number of phenols is 1. The number of carbonyl (C=O) groups excluding carboxylic acids is 3. The number of nitrogens with zero attached hydrogens (tertiary/aromatic N) is 1. The number of aliphatic carboxylic acids is 1. The van der Waals surface area contributed by atoms with Gasteiger partial charge < -0.3 is 48.5 Å². The fraction of sp³-hybridized carbons (Fsp3) is 0.560. The molecule has 0 aliphatic heterocycles. The summed E-state index contributed by atoms with van der Waals surface area (Å²) in [4.78, 5) is 54.3. The van der Waals surface area contributed by atoms with Gasteiger partial charge in [-0.05, 0) is 49.8 Å². The molecule has 1 aromatic carbocycles. The van der Waals surface area contributed by atoms with Crippen LogP contribution in [-0.2, 0) is 25.6 Å². The number of rotatable bonds is 16. The first-order valence-electron chi connectivity index (χ1n) is 12.7. The first-order valence-corrected chi connectivity index (χ1v) is 12.7. The van der Waals surface area contributed by atoms with E-state index in [1.54, 1.807) is 26.0 Å². The second-order valence-corrected chi connectivity index (χ2v) is 9.42. The van der Waals surface area contributed by atoms with Crippen LogP contribution in [0.15, 0.2) is 29.3 Å². The highest BCUT2D eigenvalue weighted by Crippen LogP contribution is 2.12. The molecule has 0 aromatic heterocycles. The van der Waals surface area contributed by atoms with Gasteiger partial charge in [-0.1, -0.05) is 32.4 Å². The van der Waals surface area contributed by atoms with Crippen molar-refractivity contribution in [1.29, 1.82) is 0 Å². The van der Waals surface area contributed by atoms with Crippen molar-refractivity contribution in [1.82, 2.24) is 16.0 Å². The Morgan fingerprint density at radius 2 is 1.51 bits per heavy atom. The van der Waals surface area contributed by atoms with Crippen molar-refractivity contribution in [2.24, 2.45) is 28.1 Å². The van der Waals surface area contributed by atoms with Gasteiger partial charge in [-0.25, -0.2) is 4.79 Å². The summed E-state index contributed by atoms with van der Waals surface area (Å²) >= 11 is 0. The molecular formula is C25H41N7O7. The molecule has 1 aromatic rings. The largest absolute Gasteiger partial charge is 0.508 e. The van der Waals surface area contributed by atoms with Crippen LogP contribution >= 0.6 is 0 Å². The maximum atomic E-state index is 13.1. The number of hydrogen-bond acceptors (Lipinski definition) is 8. The Labute approximate surface area is 227 Å². The third kappa shape index (κ3) is 11.6. The van der Waals surface area contributed by atoms with E-state index in [2.05, 4.69) is 20.9 Å². The molecule has 39 heavy (non-hydrogen) atoms. The molecule has 3 amide bonds. The van der Waals surface area contributed by atoms with E-state index in [1.165, 1.54) is 19.1 Å². The Balaban J connectivity index is 2.92. The molecule has 0 saturated carbocycles. The van der Waals surface area contributed by atoms with Crippen molar-refractivity contribution in [3.8, 4) is 5.75 Å². The van der Waals surface area contributed by atoms with Crippen molar-refractivity contribution in [2.75, 3.05) is 6.54 Å². The highest BCUT2D eigenvalue weighted by Gasteiger charge is 2.34. The van der Waals surface area contributed by atoms with Gasteiger partial charge in [0.15, 0.2) is 5.96 Å². The monoisotopic (exact) mass is 551 g/mol. The number of carbonyl (C=O) groups is 4. The standard InChI is InChI=1S/C25H41N7O7/c1-4-13(2)19(22(36)30-18(24(38)39)6-5-11-29-25(27)28)31-23(37)20(14(3)33)32-21(35)17(26)12-15-7-9-16(34)10-8-15/h7-10,13-14,17-20,33-34H,4-6,11-12,26H2,1-3H3,(H,30,36)(H,31,37)(H,32,35)(H,38,39)(H4,27,28,29). The van der Waals surface area contributed by atoms with E-state index in [0.717, 1.165) is 0 Å². The smallest absolute Gasteiger partial charge is 0.326 e. The maximum absolute atomic E-state index is 13.1. The molecule has 14 heteroatoms. The van der Waals surface area contributed by atoms with Crippen molar-refractivity contribution < 1.29 is 34.5 Å². The lowest BCUT2D eigenvalue weighted by Crippen LogP contribution is -2.61. The number of aliphatic imine (C=N–C) groups is 1. The van der Waals surface area contributed by atoms with E-state index in [4.69, 9.17) is 17.2 Å². The molecule has 12 N–H and O–H groups in total.